The molecule has 0 radical (unpaired) electrons. The SMILES string of the molecule is COc1ccc(CN2C(=O)Cc3c(C)nc([C@H]4CCCN4C(=O)C(C)(C)OC)nc32)cc1. The molecular formula is C24H30N4O4. The molecule has 2 aliphatic heterocycles. The second-order valence-corrected chi connectivity index (χ2v) is 8.85. The van der Waals surface area contributed by atoms with E-state index in [1.807, 2.05) is 36.1 Å². The van der Waals surface area contributed by atoms with Crippen LogP contribution in [0.4, 0.5) is 5.82 Å². The number of ether oxygens (including phenoxy) is 2. The predicted molar refractivity (Wildman–Crippen MR) is 119 cm³/mol. The van der Waals surface area contributed by atoms with Gasteiger partial charge >= 0.3 is 0 Å². The number of hydrogen-bond acceptors (Lipinski definition) is 6. The number of likely N-dealkylation sites (tertiary alicyclic amines) is 1. The number of aryl methyl sites for hydroxylation is 1. The van der Waals surface area contributed by atoms with Gasteiger partial charge in [0.1, 0.15) is 17.2 Å². The van der Waals surface area contributed by atoms with Crippen LogP contribution in [0, 0.1) is 6.92 Å². The summed E-state index contributed by atoms with van der Waals surface area (Å²) in [6, 6.07) is 7.44. The van der Waals surface area contributed by atoms with Crippen molar-refractivity contribution in [3.63, 3.8) is 0 Å². The van der Waals surface area contributed by atoms with Crippen molar-refractivity contribution in [2.24, 2.45) is 0 Å². The molecule has 32 heavy (non-hydrogen) atoms. The lowest BCUT2D eigenvalue weighted by Gasteiger charge is -2.32. The Labute approximate surface area is 188 Å². The molecule has 1 saturated heterocycles. The highest BCUT2D eigenvalue weighted by Crippen LogP contribution is 2.36. The molecule has 2 aliphatic rings. The van der Waals surface area contributed by atoms with E-state index in [1.165, 1.54) is 0 Å². The lowest BCUT2D eigenvalue weighted by molar-refractivity contribution is -0.152. The van der Waals surface area contributed by atoms with Gasteiger partial charge in [-0.15, -0.1) is 0 Å². The van der Waals surface area contributed by atoms with E-state index in [-0.39, 0.29) is 17.9 Å². The van der Waals surface area contributed by atoms with Gasteiger partial charge in [0.15, 0.2) is 5.82 Å². The number of carbonyl (C=O) groups is 2. The maximum atomic E-state index is 13.1. The molecule has 0 N–H and O–H groups in total. The normalized spacial score (nSPS) is 18.3. The molecule has 1 fully saturated rings. The van der Waals surface area contributed by atoms with E-state index in [9.17, 15) is 9.59 Å². The first kappa shape index (κ1) is 22.2. The molecule has 0 bridgehead atoms. The fourth-order valence-corrected chi connectivity index (χ4v) is 4.33. The molecule has 4 rings (SSSR count). The lowest BCUT2D eigenvalue weighted by Crippen LogP contribution is -2.46. The summed E-state index contributed by atoms with van der Waals surface area (Å²) in [7, 11) is 3.17. The Balaban J connectivity index is 1.65. The Morgan fingerprint density at radius 3 is 2.56 bits per heavy atom. The molecule has 3 heterocycles. The molecule has 0 spiro atoms. The zero-order valence-corrected chi connectivity index (χ0v) is 19.3. The van der Waals surface area contributed by atoms with Gasteiger partial charge < -0.3 is 14.4 Å². The van der Waals surface area contributed by atoms with Gasteiger partial charge in [-0.1, -0.05) is 12.1 Å². The highest BCUT2D eigenvalue weighted by molar-refractivity contribution is 6.00. The molecule has 0 aliphatic carbocycles. The van der Waals surface area contributed by atoms with Crippen LogP contribution in [0.1, 0.15) is 55.4 Å². The summed E-state index contributed by atoms with van der Waals surface area (Å²) in [6.07, 6.45) is 1.96. The van der Waals surface area contributed by atoms with Crippen molar-refractivity contribution in [3.05, 3.63) is 46.9 Å². The zero-order valence-electron chi connectivity index (χ0n) is 19.3. The second kappa shape index (κ2) is 8.50. The minimum Gasteiger partial charge on any atom is -0.497 e. The minimum atomic E-state index is -0.912. The number of amides is 2. The monoisotopic (exact) mass is 438 g/mol. The number of methoxy groups -OCH3 is 2. The number of aromatic nitrogens is 2. The van der Waals surface area contributed by atoms with Crippen LogP contribution in [-0.2, 0) is 27.3 Å². The third-order valence-electron chi connectivity index (χ3n) is 6.43. The predicted octanol–water partition coefficient (Wildman–Crippen LogP) is 2.97. The summed E-state index contributed by atoms with van der Waals surface area (Å²) in [5.74, 6) is 1.94. The quantitative estimate of drug-likeness (QED) is 0.689. The lowest BCUT2D eigenvalue weighted by atomic mass is 10.1. The van der Waals surface area contributed by atoms with Crippen LogP contribution in [0.5, 0.6) is 5.75 Å². The van der Waals surface area contributed by atoms with E-state index in [2.05, 4.69) is 0 Å². The minimum absolute atomic E-state index is 0.00485. The molecule has 2 amide bonds. The van der Waals surface area contributed by atoms with Crippen LogP contribution in [0.15, 0.2) is 24.3 Å². The summed E-state index contributed by atoms with van der Waals surface area (Å²) < 4.78 is 10.6. The highest BCUT2D eigenvalue weighted by Gasteiger charge is 2.41. The van der Waals surface area contributed by atoms with Gasteiger partial charge in [0.05, 0.1) is 26.1 Å². The number of hydrogen-bond donors (Lipinski definition) is 0. The Morgan fingerprint density at radius 1 is 1.19 bits per heavy atom. The first-order valence-electron chi connectivity index (χ1n) is 10.9. The fraction of sp³-hybridized carbons (Fsp3) is 0.500. The molecule has 8 nitrogen and oxygen atoms in total. The smallest absolute Gasteiger partial charge is 0.254 e. The van der Waals surface area contributed by atoms with Gasteiger partial charge in [-0.25, -0.2) is 9.97 Å². The third-order valence-corrected chi connectivity index (χ3v) is 6.43. The fourth-order valence-electron chi connectivity index (χ4n) is 4.33. The van der Waals surface area contributed by atoms with Crippen molar-refractivity contribution >= 4 is 17.6 Å². The molecule has 0 saturated carbocycles. The maximum absolute atomic E-state index is 13.1. The Hall–Kier alpha value is -3.00. The number of benzene rings is 1. The van der Waals surface area contributed by atoms with Crippen molar-refractivity contribution in [3.8, 4) is 5.75 Å². The van der Waals surface area contributed by atoms with Crippen molar-refractivity contribution in [1.82, 2.24) is 14.9 Å². The van der Waals surface area contributed by atoms with Crippen LogP contribution in [-0.4, -0.2) is 53.0 Å². The van der Waals surface area contributed by atoms with E-state index >= 15 is 0 Å². The molecule has 2 aromatic rings. The average molecular weight is 439 g/mol. The molecule has 1 aromatic heterocycles. The number of nitrogens with zero attached hydrogens (tertiary/aromatic N) is 4. The largest absolute Gasteiger partial charge is 0.497 e. The van der Waals surface area contributed by atoms with Gasteiger partial charge in [-0.2, -0.15) is 0 Å². The molecule has 170 valence electrons. The standard InChI is InChI=1S/C24H30N4O4/c1-15-18-13-20(29)28(14-16-8-10-17(31-4)11-9-16)22(18)26-21(25-15)19-7-6-12-27(19)23(30)24(2,3)32-5/h8-11,19H,6-7,12-14H2,1-5H3/t19-/m1/s1. The topological polar surface area (TPSA) is 84.9 Å². The van der Waals surface area contributed by atoms with Crippen LogP contribution in [0.25, 0.3) is 0 Å². The number of anilines is 1. The summed E-state index contributed by atoms with van der Waals surface area (Å²) >= 11 is 0. The molecule has 1 aromatic carbocycles. The van der Waals surface area contributed by atoms with Crippen LogP contribution in [0.3, 0.4) is 0 Å². The summed E-state index contributed by atoms with van der Waals surface area (Å²) in [6.45, 7) is 6.53. The molecular weight excluding hydrogens is 408 g/mol. The van der Waals surface area contributed by atoms with Crippen molar-refractivity contribution in [2.75, 3.05) is 25.7 Å². The Bertz CT molecular complexity index is 1040. The van der Waals surface area contributed by atoms with E-state index in [0.29, 0.717) is 31.2 Å². The molecule has 1 atom stereocenters. The Kier molecular flexibility index (Phi) is 5.90. The average Bonchev–Trinajstić information content (AvgIpc) is 3.39. The van der Waals surface area contributed by atoms with E-state index in [4.69, 9.17) is 19.4 Å². The number of fused-ring (bicyclic) bond motifs is 1. The molecule has 8 heteroatoms. The van der Waals surface area contributed by atoms with E-state index in [1.54, 1.807) is 33.0 Å². The van der Waals surface area contributed by atoms with Gasteiger partial charge in [0.2, 0.25) is 5.91 Å². The third kappa shape index (κ3) is 3.95. The van der Waals surface area contributed by atoms with Crippen LogP contribution < -0.4 is 9.64 Å². The van der Waals surface area contributed by atoms with Gasteiger partial charge in [0.25, 0.3) is 5.91 Å². The van der Waals surface area contributed by atoms with Gasteiger partial charge in [-0.3, -0.25) is 14.5 Å². The van der Waals surface area contributed by atoms with Crippen molar-refractivity contribution < 1.29 is 19.1 Å². The maximum Gasteiger partial charge on any atom is 0.254 e. The summed E-state index contributed by atoms with van der Waals surface area (Å²) in [5, 5.41) is 0. The van der Waals surface area contributed by atoms with E-state index < -0.39 is 5.60 Å². The highest BCUT2D eigenvalue weighted by atomic mass is 16.5. The van der Waals surface area contributed by atoms with Crippen molar-refractivity contribution in [2.45, 2.75) is 58.2 Å². The first-order valence-corrected chi connectivity index (χ1v) is 10.9. The van der Waals surface area contributed by atoms with Crippen molar-refractivity contribution in [1.29, 1.82) is 0 Å². The zero-order chi connectivity index (χ0) is 23.0. The van der Waals surface area contributed by atoms with Crippen LogP contribution >= 0.6 is 0 Å². The van der Waals surface area contributed by atoms with Gasteiger partial charge in [-0.05, 0) is 51.3 Å². The summed E-state index contributed by atoms with van der Waals surface area (Å²) in [4.78, 5) is 39.0. The van der Waals surface area contributed by atoms with E-state index in [0.717, 1.165) is 35.4 Å². The second-order valence-electron chi connectivity index (χ2n) is 8.85. The van der Waals surface area contributed by atoms with Crippen LogP contribution in [0.2, 0.25) is 0 Å². The first-order chi connectivity index (χ1) is 15.2. The molecule has 0 unspecified atom stereocenters. The number of rotatable bonds is 6. The number of carbonyl (C=O) groups excluding carboxylic acids is 2. The summed E-state index contributed by atoms with van der Waals surface area (Å²) in [5.41, 5.74) is 1.73. The van der Waals surface area contributed by atoms with Gasteiger partial charge in [0, 0.05) is 24.9 Å². The Morgan fingerprint density at radius 2 is 1.91 bits per heavy atom.